The Morgan fingerprint density at radius 2 is 1.82 bits per heavy atom. The molecule has 0 unspecified atom stereocenters. The van der Waals surface area contributed by atoms with E-state index >= 15 is 0 Å². The van der Waals surface area contributed by atoms with Gasteiger partial charge in [-0.1, -0.05) is 41.9 Å². The Hall–Kier alpha value is -2.99. The van der Waals surface area contributed by atoms with Gasteiger partial charge in [-0.15, -0.1) is 0 Å². The highest BCUT2D eigenvalue weighted by Crippen LogP contribution is 2.36. The lowest BCUT2D eigenvalue weighted by atomic mass is 10.2. The van der Waals surface area contributed by atoms with Gasteiger partial charge in [0.1, 0.15) is 0 Å². The van der Waals surface area contributed by atoms with Gasteiger partial charge < -0.3 is 19.1 Å². The molecular weight excluding hydrogens is 382 g/mol. The lowest BCUT2D eigenvalue weighted by molar-refractivity contribution is -0.147. The van der Waals surface area contributed by atoms with Crippen molar-refractivity contribution in [2.24, 2.45) is 0 Å². The lowest BCUT2D eigenvalue weighted by Crippen LogP contribution is -2.30. The number of likely N-dealkylation sites (N-methyl/N-ethyl adjacent to an activating group) is 1. The first-order valence-corrected chi connectivity index (χ1v) is 8.86. The van der Waals surface area contributed by atoms with Gasteiger partial charge in [0.15, 0.2) is 18.1 Å². The van der Waals surface area contributed by atoms with Crippen LogP contribution in [-0.4, -0.2) is 44.7 Å². The van der Waals surface area contributed by atoms with Gasteiger partial charge in [-0.2, -0.15) is 0 Å². The van der Waals surface area contributed by atoms with Crippen LogP contribution in [0.3, 0.4) is 0 Å². The summed E-state index contributed by atoms with van der Waals surface area (Å²) < 4.78 is 15.4. The van der Waals surface area contributed by atoms with Crippen LogP contribution in [-0.2, 0) is 20.9 Å². The Morgan fingerprint density at radius 3 is 2.46 bits per heavy atom. The summed E-state index contributed by atoms with van der Waals surface area (Å²) in [6.07, 6.45) is 2.75. The number of rotatable bonds is 8. The minimum Gasteiger partial charge on any atom is -0.493 e. The second-order valence-electron chi connectivity index (χ2n) is 5.91. The van der Waals surface area contributed by atoms with Gasteiger partial charge in [0.05, 0.1) is 19.2 Å². The molecule has 6 nitrogen and oxygen atoms in total. The molecule has 0 saturated heterocycles. The number of nitrogens with zero attached hydrogens (tertiary/aromatic N) is 1. The van der Waals surface area contributed by atoms with Gasteiger partial charge in [0.2, 0.25) is 0 Å². The van der Waals surface area contributed by atoms with Gasteiger partial charge in [-0.25, -0.2) is 4.79 Å². The minimum atomic E-state index is -0.632. The molecule has 0 fully saturated rings. The van der Waals surface area contributed by atoms with Crippen molar-refractivity contribution in [3.8, 4) is 11.5 Å². The lowest BCUT2D eigenvalue weighted by Gasteiger charge is -2.16. The molecule has 0 aromatic heterocycles. The number of hydrogen-bond acceptors (Lipinski definition) is 5. The van der Waals surface area contributed by atoms with Gasteiger partial charge in [0, 0.05) is 19.7 Å². The number of benzene rings is 2. The molecule has 2 rings (SSSR count). The van der Waals surface area contributed by atoms with E-state index in [0.717, 1.165) is 5.56 Å². The number of methoxy groups -OCH3 is 2. The Kier molecular flexibility index (Phi) is 7.89. The van der Waals surface area contributed by atoms with Crippen molar-refractivity contribution in [2.75, 3.05) is 27.9 Å². The number of amides is 1. The third kappa shape index (κ3) is 6.03. The van der Waals surface area contributed by atoms with Crippen LogP contribution in [0.15, 0.2) is 48.5 Å². The van der Waals surface area contributed by atoms with Crippen LogP contribution in [0.2, 0.25) is 5.02 Å². The molecule has 7 heteroatoms. The summed E-state index contributed by atoms with van der Waals surface area (Å²) in [6.45, 7) is 0.108. The van der Waals surface area contributed by atoms with Gasteiger partial charge in [0.25, 0.3) is 5.91 Å². The molecular formula is C21H22ClNO5. The zero-order valence-corrected chi connectivity index (χ0v) is 16.7. The number of carbonyl (C=O) groups is 2. The zero-order valence-electron chi connectivity index (χ0n) is 16.0. The highest BCUT2D eigenvalue weighted by Gasteiger charge is 2.12. The number of hydrogen-bond donors (Lipinski definition) is 0. The fourth-order valence-electron chi connectivity index (χ4n) is 2.43. The molecule has 0 saturated carbocycles. The summed E-state index contributed by atoms with van der Waals surface area (Å²) in [5.74, 6) is -0.0659. The first-order chi connectivity index (χ1) is 13.4. The molecule has 0 atom stereocenters. The normalized spacial score (nSPS) is 10.6. The quantitative estimate of drug-likeness (QED) is 0.498. The molecule has 0 bridgehead atoms. The van der Waals surface area contributed by atoms with Crippen LogP contribution in [0.1, 0.15) is 11.1 Å². The second kappa shape index (κ2) is 10.4. The average Bonchev–Trinajstić information content (AvgIpc) is 2.70. The van der Waals surface area contributed by atoms with E-state index in [0.29, 0.717) is 28.6 Å². The molecule has 148 valence electrons. The highest BCUT2D eigenvalue weighted by atomic mass is 35.5. The van der Waals surface area contributed by atoms with Crippen molar-refractivity contribution >= 4 is 29.6 Å². The molecule has 0 aliphatic carbocycles. The summed E-state index contributed by atoms with van der Waals surface area (Å²) in [7, 11) is 4.64. The Balaban J connectivity index is 1.89. The van der Waals surface area contributed by atoms with Crippen molar-refractivity contribution in [1.29, 1.82) is 0 Å². The predicted molar refractivity (Wildman–Crippen MR) is 107 cm³/mol. The zero-order chi connectivity index (χ0) is 20.5. The van der Waals surface area contributed by atoms with Gasteiger partial charge in [-0.05, 0) is 29.3 Å². The van der Waals surface area contributed by atoms with Crippen molar-refractivity contribution in [3.63, 3.8) is 0 Å². The van der Waals surface area contributed by atoms with E-state index in [2.05, 4.69) is 0 Å². The van der Waals surface area contributed by atoms with E-state index in [1.165, 1.54) is 31.3 Å². The van der Waals surface area contributed by atoms with Crippen LogP contribution in [0.25, 0.3) is 6.08 Å². The number of esters is 1. The van der Waals surface area contributed by atoms with Gasteiger partial charge in [-0.3, -0.25) is 4.79 Å². The third-order valence-corrected chi connectivity index (χ3v) is 4.17. The molecule has 2 aromatic carbocycles. The van der Waals surface area contributed by atoms with Crippen molar-refractivity contribution < 1.29 is 23.8 Å². The smallest absolute Gasteiger partial charge is 0.331 e. The van der Waals surface area contributed by atoms with E-state index in [-0.39, 0.29) is 12.5 Å². The molecule has 0 heterocycles. The summed E-state index contributed by atoms with van der Waals surface area (Å²) in [5, 5.41) is 0.354. The number of ether oxygens (including phenoxy) is 3. The van der Waals surface area contributed by atoms with Crippen LogP contribution in [0.4, 0.5) is 0 Å². The van der Waals surface area contributed by atoms with E-state index in [1.807, 2.05) is 30.3 Å². The van der Waals surface area contributed by atoms with Crippen molar-refractivity contribution in [3.05, 3.63) is 64.7 Å². The van der Waals surface area contributed by atoms with E-state index in [9.17, 15) is 9.59 Å². The standard InChI is InChI=1S/C21H22ClNO5/c1-23(13-15-7-5-4-6-8-15)19(24)14-28-20(25)10-9-16-11-17(22)21(27-3)18(12-16)26-2/h4-12H,13-14H2,1-3H3. The maximum absolute atomic E-state index is 12.1. The molecule has 0 aliphatic heterocycles. The fraction of sp³-hybridized carbons (Fsp3) is 0.238. The first-order valence-electron chi connectivity index (χ1n) is 8.48. The molecule has 0 N–H and O–H groups in total. The maximum atomic E-state index is 12.1. The van der Waals surface area contributed by atoms with Gasteiger partial charge >= 0.3 is 5.97 Å². The summed E-state index contributed by atoms with van der Waals surface area (Å²) in [6, 6.07) is 12.9. The second-order valence-corrected chi connectivity index (χ2v) is 6.32. The largest absolute Gasteiger partial charge is 0.493 e. The van der Waals surface area contributed by atoms with Crippen LogP contribution < -0.4 is 9.47 Å². The van der Waals surface area contributed by atoms with Crippen LogP contribution >= 0.6 is 11.6 Å². The van der Waals surface area contributed by atoms with Crippen molar-refractivity contribution in [1.82, 2.24) is 4.90 Å². The summed E-state index contributed by atoms with van der Waals surface area (Å²) in [5.41, 5.74) is 1.63. The summed E-state index contributed by atoms with van der Waals surface area (Å²) in [4.78, 5) is 25.5. The first kappa shape index (κ1) is 21.3. The van der Waals surface area contributed by atoms with E-state index in [4.69, 9.17) is 25.8 Å². The van der Waals surface area contributed by atoms with Crippen LogP contribution in [0.5, 0.6) is 11.5 Å². The monoisotopic (exact) mass is 403 g/mol. The molecule has 2 aromatic rings. The predicted octanol–water partition coefficient (Wildman–Crippen LogP) is 3.57. The average molecular weight is 404 g/mol. The number of carbonyl (C=O) groups excluding carboxylic acids is 2. The Morgan fingerprint density at radius 1 is 1.11 bits per heavy atom. The Bertz CT molecular complexity index is 851. The molecule has 1 amide bonds. The number of halogens is 1. The van der Waals surface area contributed by atoms with Crippen LogP contribution in [0, 0.1) is 0 Å². The minimum absolute atomic E-state index is 0.292. The third-order valence-electron chi connectivity index (χ3n) is 3.89. The Labute approximate surface area is 169 Å². The summed E-state index contributed by atoms with van der Waals surface area (Å²) >= 11 is 6.13. The maximum Gasteiger partial charge on any atom is 0.331 e. The topological polar surface area (TPSA) is 65.1 Å². The van der Waals surface area contributed by atoms with Crippen molar-refractivity contribution in [2.45, 2.75) is 6.54 Å². The van der Waals surface area contributed by atoms with E-state index < -0.39 is 5.97 Å². The van der Waals surface area contributed by atoms with E-state index in [1.54, 1.807) is 19.2 Å². The molecule has 0 spiro atoms. The SMILES string of the molecule is COc1cc(C=CC(=O)OCC(=O)N(C)Cc2ccccc2)cc(Cl)c1OC. The highest BCUT2D eigenvalue weighted by molar-refractivity contribution is 6.32. The molecule has 0 radical (unpaired) electrons. The molecule has 0 aliphatic rings. The molecule has 28 heavy (non-hydrogen) atoms. The fourth-order valence-corrected chi connectivity index (χ4v) is 2.73.